The number of hydrogen-bond acceptors (Lipinski definition) is 4. The van der Waals surface area contributed by atoms with E-state index in [2.05, 4.69) is 10.4 Å². The Hall–Kier alpha value is -1.95. The quantitative estimate of drug-likeness (QED) is 0.923. The van der Waals surface area contributed by atoms with Crippen LogP contribution in [0.5, 0.6) is 5.75 Å². The molecule has 7 heteroatoms. The zero-order chi connectivity index (χ0) is 14.9. The van der Waals surface area contributed by atoms with E-state index >= 15 is 0 Å². The predicted molar refractivity (Wildman–Crippen MR) is 76.6 cm³/mol. The van der Waals surface area contributed by atoms with Crippen LogP contribution in [0, 0.1) is 0 Å². The molecule has 0 aliphatic heterocycles. The van der Waals surface area contributed by atoms with E-state index in [1.165, 1.54) is 13.3 Å². The number of aromatic nitrogens is 2. The Morgan fingerprint density at radius 3 is 2.75 bits per heavy atom. The highest BCUT2D eigenvalue weighted by Gasteiger charge is 2.19. The lowest BCUT2D eigenvalue weighted by molar-refractivity contribution is 0.0635. The Balaban J connectivity index is 2.35. The molecule has 0 aromatic carbocycles. The Kier molecular flexibility index (Phi) is 3.76. The second-order valence-electron chi connectivity index (χ2n) is 5.18. The van der Waals surface area contributed by atoms with Crippen LogP contribution in [0.4, 0.5) is 10.5 Å². The maximum absolute atomic E-state index is 11.8. The van der Waals surface area contributed by atoms with Gasteiger partial charge in [-0.25, -0.2) is 9.31 Å². The van der Waals surface area contributed by atoms with Crippen molar-refractivity contribution in [1.29, 1.82) is 0 Å². The Labute approximate surface area is 121 Å². The summed E-state index contributed by atoms with van der Waals surface area (Å²) in [7, 11) is 1.50. The molecule has 2 aromatic heterocycles. The summed E-state index contributed by atoms with van der Waals surface area (Å²) < 4.78 is 12.1. The van der Waals surface area contributed by atoms with Gasteiger partial charge in [0, 0.05) is 6.20 Å². The van der Waals surface area contributed by atoms with E-state index in [4.69, 9.17) is 21.1 Å². The number of carbonyl (C=O) groups excluding carboxylic acids is 1. The number of fused-ring (bicyclic) bond motifs is 1. The Bertz CT molecular complexity index is 646. The number of halogens is 1. The number of amides is 1. The van der Waals surface area contributed by atoms with E-state index in [-0.39, 0.29) is 0 Å². The molecule has 2 aromatic rings. The van der Waals surface area contributed by atoms with Gasteiger partial charge >= 0.3 is 6.09 Å². The minimum Gasteiger partial charge on any atom is -0.492 e. The first kappa shape index (κ1) is 14.5. The van der Waals surface area contributed by atoms with Gasteiger partial charge in [0.1, 0.15) is 11.1 Å². The molecule has 0 radical (unpaired) electrons. The molecular formula is C13H16ClN3O3. The number of nitrogens with zero attached hydrogens (tertiary/aromatic N) is 2. The summed E-state index contributed by atoms with van der Waals surface area (Å²) in [6, 6.07) is 1.67. The number of anilines is 1. The lowest BCUT2D eigenvalue weighted by atomic mass is 10.2. The van der Waals surface area contributed by atoms with Crippen molar-refractivity contribution >= 4 is 28.9 Å². The molecule has 2 heterocycles. The third-order valence-corrected chi connectivity index (χ3v) is 2.71. The van der Waals surface area contributed by atoms with Crippen molar-refractivity contribution in [2.75, 3.05) is 12.4 Å². The molecule has 1 N–H and O–H groups in total. The number of pyridine rings is 1. The summed E-state index contributed by atoms with van der Waals surface area (Å²) in [4.78, 5) is 11.8. The molecule has 108 valence electrons. The van der Waals surface area contributed by atoms with E-state index in [0.29, 0.717) is 22.0 Å². The number of ether oxygens (including phenoxy) is 2. The van der Waals surface area contributed by atoms with Crippen molar-refractivity contribution in [1.82, 2.24) is 9.61 Å². The van der Waals surface area contributed by atoms with Crippen molar-refractivity contribution in [2.45, 2.75) is 26.4 Å². The monoisotopic (exact) mass is 297 g/mol. The first-order valence-corrected chi connectivity index (χ1v) is 6.39. The first-order chi connectivity index (χ1) is 9.31. The molecule has 0 aliphatic rings. The number of nitrogens with one attached hydrogen (secondary N) is 1. The van der Waals surface area contributed by atoms with Crippen LogP contribution in [0.25, 0.3) is 5.52 Å². The fourth-order valence-corrected chi connectivity index (χ4v) is 1.95. The van der Waals surface area contributed by atoms with Crippen molar-refractivity contribution < 1.29 is 14.3 Å². The highest BCUT2D eigenvalue weighted by Crippen LogP contribution is 2.34. The maximum atomic E-state index is 11.8. The summed E-state index contributed by atoms with van der Waals surface area (Å²) >= 11 is 6.06. The molecule has 0 saturated heterocycles. The fraction of sp³-hybridized carbons (Fsp3) is 0.385. The maximum Gasteiger partial charge on any atom is 0.412 e. The highest BCUT2D eigenvalue weighted by atomic mass is 35.5. The fourth-order valence-electron chi connectivity index (χ4n) is 1.73. The van der Waals surface area contributed by atoms with Gasteiger partial charge in [0.2, 0.25) is 0 Å². The lowest BCUT2D eigenvalue weighted by Gasteiger charge is -2.20. The molecule has 0 spiro atoms. The van der Waals surface area contributed by atoms with Crippen LogP contribution in [0.2, 0.25) is 5.02 Å². The smallest absolute Gasteiger partial charge is 0.412 e. The van der Waals surface area contributed by atoms with Gasteiger partial charge < -0.3 is 9.47 Å². The van der Waals surface area contributed by atoms with E-state index in [9.17, 15) is 4.79 Å². The minimum atomic E-state index is -0.574. The lowest BCUT2D eigenvalue weighted by Crippen LogP contribution is -2.27. The van der Waals surface area contributed by atoms with Crippen molar-refractivity contribution in [3.8, 4) is 5.75 Å². The third-order valence-electron chi connectivity index (χ3n) is 2.43. The second-order valence-corrected chi connectivity index (χ2v) is 5.58. The predicted octanol–water partition coefficient (Wildman–Crippen LogP) is 3.34. The molecule has 0 fully saturated rings. The normalized spacial score (nSPS) is 11.4. The van der Waals surface area contributed by atoms with Crippen LogP contribution in [0.1, 0.15) is 20.8 Å². The Morgan fingerprint density at radius 2 is 2.15 bits per heavy atom. The van der Waals surface area contributed by atoms with Gasteiger partial charge in [-0.3, -0.25) is 5.32 Å². The van der Waals surface area contributed by atoms with Crippen LogP contribution in [0.3, 0.4) is 0 Å². The summed E-state index contributed by atoms with van der Waals surface area (Å²) in [6.45, 7) is 5.38. The van der Waals surface area contributed by atoms with Crippen molar-refractivity contribution in [2.24, 2.45) is 0 Å². The zero-order valence-corrected chi connectivity index (χ0v) is 12.5. The Morgan fingerprint density at radius 1 is 1.45 bits per heavy atom. The highest BCUT2D eigenvalue weighted by molar-refractivity contribution is 6.34. The molecule has 20 heavy (non-hydrogen) atoms. The van der Waals surface area contributed by atoms with Gasteiger partial charge in [-0.2, -0.15) is 5.10 Å². The van der Waals surface area contributed by atoms with Gasteiger partial charge in [0.15, 0.2) is 5.75 Å². The van der Waals surface area contributed by atoms with Crippen LogP contribution >= 0.6 is 11.6 Å². The topological polar surface area (TPSA) is 64.9 Å². The van der Waals surface area contributed by atoms with Crippen LogP contribution < -0.4 is 10.1 Å². The average molecular weight is 298 g/mol. The molecule has 6 nitrogen and oxygen atoms in total. The molecule has 0 atom stereocenters. The molecule has 0 saturated carbocycles. The van der Waals surface area contributed by atoms with Gasteiger partial charge in [0.05, 0.1) is 24.0 Å². The summed E-state index contributed by atoms with van der Waals surface area (Å²) in [6.07, 6.45) is 2.63. The van der Waals surface area contributed by atoms with E-state index in [1.54, 1.807) is 37.5 Å². The molecule has 0 bridgehead atoms. The summed E-state index contributed by atoms with van der Waals surface area (Å²) in [5, 5.41) is 7.15. The summed E-state index contributed by atoms with van der Waals surface area (Å²) in [5.41, 5.74) is 0.481. The third kappa shape index (κ3) is 2.96. The minimum absolute atomic E-state index is 0.431. The van der Waals surface area contributed by atoms with Gasteiger partial charge in [-0.05, 0) is 26.8 Å². The van der Waals surface area contributed by atoms with Gasteiger partial charge in [0.25, 0.3) is 0 Å². The van der Waals surface area contributed by atoms with Crippen LogP contribution in [-0.2, 0) is 4.74 Å². The number of methoxy groups -OCH3 is 1. The van der Waals surface area contributed by atoms with Crippen LogP contribution in [0.15, 0.2) is 18.5 Å². The molecular weight excluding hydrogens is 282 g/mol. The number of rotatable bonds is 2. The average Bonchev–Trinajstić information content (AvgIpc) is 2.69. The first-order valence-electron chi connectivity index (χ1n) is 6.01. The van der Waals surface area contributed by atoms with Gasteiger partial charge in [-0.1, -0.05) is 11.6 Å². The SMILES string of the molecule is COc1c(NC(=O)OC(C)(C)C)ccn2ncc(Cl)c12. The van der Waals surface area contributed by atoms with E-state index in [1.807, 2.05) is 0 Å². The largest absolute Gasteiger partial charge is 0.492 e. The van der Waals surface area contributed by atoms with Crippen molar-refractivity contribution in [3.05, 3.63) is 23.5 Å². The summed E-state index contributed by atoms with van der Waals surface area (Å²) in [5.74, 6) is 0.431. The standard InChI is InChI=1S/C13H16ClN3O3/c1-13(2,3)20-12(18)16-9-5-6-17-10(11(9)19-4)8(14)7-15-17/h5-7H,1-4H3,(H,16,18). The van der Waals surface area contributed by atoms with Crippen LogP contribution in [-0.4, -0.2) is 28.4 Å². The van der Waals surface area contributed by atoms with E-state index in [0.717, 1.165) is 0 Å². The zero-order valence-electron chi connectivity index (χ0n) is 11.7. The van der Waals surface area contributed by atoms with Crippen molar-refractivity contribution in [3.63, 3.8) is 0 Å². The molecule has 2 rings (SSSR count). The van der Waals surface area contributed by atoms with E-state index < -0.39 is 11.7 Å². The molecule has 0 aliphatic carbocycles. The number of carbonyl (C=O) groups is 1. The number of hydrogen-bond donors (Lipinski definition) is 1. The molecule has 1 amide bonds. The molecule has 0 unspecified atom stereocenters. The second kappa shape index (κ2) is 5.20. The van der Waals surface area contributed by atoms with Gasteiger partial charge in [-0.15, -0.1) is 0 Å².